The number of piperidine rings is 1. The molecule has 0 radical (unpaired) electrons. The molecule has 4 aliphatic carbocycles. The van der Waals surface area contributed by atoms with Gasteiger partial charge in [0, 0.05) is 24.8 Å². The standard InChI is InChI=1S/C31H40FNO2/c1-31-20-27(21-5-9-24(10-6-21)35-18-17-33-15-3-2-4-16-33)30-25-12-8-23(34)19-22(25)7-11-26(30)28(31)13-14-29(31)32/h5-6,9-10,26,28-29H,2-4,7-8,11-20H2,1H3/t26-,28-,29+,31-/m0/s1. The second kappa shape index (κ2) is 9.50. The van der Waals surface area contributed by atoms with Crippen LogP contribution in [0.15, 0.2) is 41.0 Å². The zero-order chi connectivity index (χ0) is 24.0. The third kappa shape index (κ3) is 4.30. The third-order valence-electron chi connectivity index (χ3n) is 9.93. The topological polar surface area (TPSA) is 29.5 Å². The second-order valence-corrected chi connectivity index (χ2v) is 11.9. The van der Waals surface area contributed by atoms with Gasteiger partial charge in [-0.1, -0.05) is 31.1 Å². The lowest BCUT2D eigenvalue weighted by Crippen LogP contribution is -2.41. The van der Waals surface area contributed by atoms with Gasteiger partial charge >= 0.3 is 0 Å². The highest BCUT2D eigenvalue weighted by Crippen LogP contribution is 2.63. The molecule has 188 valence electrons. The number of rotatable bonds is 5. The molecular weight excluding hydrogens is 437 g/mol. The molecule has 1 aliphatic heterocycles. The number of fused-ring (bicyclic) bond motifs is 4. The Labute approximate surface area is 209 Å². The summed E-state index contributed by atoms with van der Waals surface area (Å²) in [6, 6.07) is 8.61. The Kier molecular flexibility index (Phi) is 6.37. The van der Waals surface area contributed by atoms with Crippen LogP contribution < -0.4 is 4.74 Å². The summed E-state index contributed by atoms with van der Waals surface area (Å²) in [7, 11) is 0. The molecule has 1 heterocycles. The van der Waals surface area contributed by atoms with Crippen LogP contribution in [0, 0.1) is 17.3 Å². The summed E-state index contributed by atoms with van der Waals surface area (Å²) in [5, 5.41) is 0. The van der Waals surface area contributed by atoms with Crippen LogP contribution in [0.5, 0.6) is 5.75 Å². The summed E-state index contributed by atoms with van der Waals surface area (Å²) in [6.45, 7) is 6.31. The number of allylic oxidation sites excluding steroid dienone is 4. The maximum atomic E-state index is 15.3. The Morgan fingerprint density at radius 3 is 2.60 bits per heavy atom. The molecule has 4 atom stereocenters. The number of halogens is 1. The lowest BCUT2D eigenvalue weighted by molar-refractivity contribution is -0.118. The molecule has 3 nitrogen and oxygen atoms in total. The highest BCUT2D eigenvalue weighted by Gasteiger charge is 2.55. The first kappa shape index (κ1) is 23.5. The first-order chi connectivity index (χ1) is 17.0. The van der Waals surface area contributed by atoms with Crippen molar-refractivity contribution in [3.05, 3.63) is 46.5 Å². The predicted octanol–water partition coefficient (Wildman–Crippen LogP) is 6.92. The average molecular weight is 478 g/mol. The monoisotopic (exact) mass is 477 g/mol. The summed E-state index contributed by atoms with van der Waals surface area (Å²) < 4.78 is 21.4. The van der Waals surface area contributed by atoms with E-state index in [1.54, 1.807) is 0 Å². The molecular formula is C31H40FNO2. The number of likely N-dealkylation sites (tertiary alicyclic amines) is 1. The Hall–Kier alpha value is -1.94. The summed E-state index contributed by atoms with van der Waals surface area (Å²) in [4.78, 5) is 14.7. The summed E-state index contributed by atoms with van der Waals surface area (Å²) >= 11 is 0. The number of nitrogens with zero attached hydrogens (tertiary/aromatic N) is 1. The fraction of sp³-hybridized carbons (Fsp3) is 0.645. The van der Waals surface area contributed by atoms with Crippen LogP contribution in [0.3, 0.4) is 0 Å². The highest BCUT2D eigenvalue weighted by molar-refractivity contribution is 5.85. The van der Waals surface area contributed by atoms with Crippen molar-refractivity contribution >= 4 is 11.4 Å². The predicted molar refractivity (Wildman–Crippen MR) is 138 cm³/mol. The van der Waals surface area contributed by atoms with Crippen molar-refractivity contribution in [3.63, 3.8) is 0 Å². The molecule has 0 N–H and O–H groups in total. The fourth-order valence-corrected chi connectivity index (χ4v) is 8.03. The smallest absolute Gasteiger partial charge is 0.137 e. The fourth-order valence-electron chi connectivity index (χ4n) is 8.03. The minimum Gasteiger partial charge on any atom is -0.492 e. The van der Waals surface area contributed by atoms with Crippen molar-refractivity contribution in [1.29, 1.82) is 0 Å². The van der Waals surface area contributed by atoms with Crippen molar-refractivity contribution in [2.24, 2.45) is 17.3 Å². The maximum Gasteiger partial charge on any atom is 0.137 e. The van der Waals surface area contributed by atoms with Crippen LogP contribution in [-0.4, -0.2) is 43.1 Å². The van der Waals surface area contributed by atoms with E-state index in [0.717, 1.165) is 51.0 Å². The molecule has 1 aromatic rings. The molecule has 0 aromatic heterocycles. The van der Waals surface area contributed by atoms with Crippen LogP contribution in [-0.2, 0) is 4.79 Å². The molecule has 6 rings (SSSR count). The number of hydrogen-bond acceptors (Lipinski definition) is 3. The van der Waals surface area contributed by atoms with Crippen LogP contribution in [0.25, 0.3) is 5.57 Å². The van der Waals surface area contributed by atoms with Crippen molar-refractivity contribution in [1.82, 2.24) is 4.90 Å². The van der Waals surface area contributed by atoms with E-state index < -0.39 is 6.17 Å². The van der Waals surface area contributed by atoms with Crippen molar-refractivity contribution in [2.45, 2.75) is 83.7 Å². The van der Waals surface area contributed by atoms with Gasteiger partial charge in [-0.05, 0) is 111 Å². The number of benzene rings is 1. The van der Waals surface area contributed by atoms with Gasteiger partial charge in [0.15, 0.2) is 0 Å². The molecule has 4 heteroatoms. The van der Waals surface area contributed by atoms with E-state index >= 15 is 4.39 Å². The van der Waals surface area contributed by atoms with Gasteiger partial charge in [-0.2, -0.15) is 0 Å². The molecule has 0 spiro atoms. The van der Waals surface area contributed by atoms with Crippen molar-refractivity contribution in [3.8, 4) is 5.75 Å². The van der Waals surface area contributed by atoms with E-state index in [1.807, 2.05) is 0 Å². The number of hydrogen-bond donors (Lipinski definition) is 0. The first-order valence-corrected chi connectivity index (χ1v) is 14.1. The molecule has 5 aliphatic rings. The van der Waals surface area contributed by atoms with Gasteiger partial charge < -0.3 is 4.74 Å². The SMILES string of the molecule is C[C@]12CC(c3ccc(OCCN4CCCCC4)cc3)=C3C4=C(CC[C@H]3[C@@H]1CC[C@H]2F)CC(=O)CC4. The first-order valence-electron chi connectivity index (χ1n) is 14.1. The maximum absolute atomic E-state index is 15.3. The molecule has 0 amide bonds. The van der Waals surface area contributed by atoms with Gasteiger partial charge in [-0.3, -0.25) is 9.69 Å². The van der Waals surface area contributed by atoms with E-state index in [4.69, 9.17) is 4.74 Å². The molecule has 0 unspecified atom stereocenters. The summed E-state index contributed by atoms with van der Waals surface area (Å²) in [6.07, 6.45) is 10.0. The van der Waals surface area contributed by atoms with Gasteiger partial charge in [0.1, 0.15) is 24.3 Å². The minimum absolute atomic E-state index is 0.268. The van der Waals surface area contributed by atoms with E-state index in [0.29, 0.717) is 36.9 Å². The highest BCUT2D eigenvalue weighted by atomic mass is 19.1. The van der Waals surface area contributed by atoms with Crippen LogP contribution in [0.2, 0.25) is 0 Å². The van der Waals surface area contributed by atoms with Crippen LogP contribution in [0.1, 0.15) is 83.1 Å². The lowest BCUT2D eigenvalue weighted by atomic mass is 9.56. The third-order valence-corrected chi connectivity index (χ3v) is 9.93. The van der Waals surface area contributed by atoms with Gasteiger partial charge in [-0.25, -0.2) is 4.39 Å². The number of carbonyl (C=O) groups is 1. The molecule has 1 saturated carbocycles. The Balaban J connectivity index is 1.28. The number of ketones is 1. The zero-order valence-corrected chi connectivity index (χ0v) is 21.3. The van der Waals surface area contributed by atoms with E-state index in [9.17, 15) is 4.79 Å². The number of alkyl halides is 1. The number of carbonyl (C=O) groups excluding carboxylic acids is 1. The van der Waals surface area contributed by atoms with Crippen LogP contribution >= 0.6 is 0 Å². The van der Waals surface area contributed by atoms with Crippen molar-refractivity contribution < 1.29 is 13.9 Å². The van der Waals surface area contributed by atoms with E-state index in [2.05, 4.69) is 36.1 Å². The van der Waals surface area contributed by atoms with Gasteiger partial charge in [-0.15, -0.1) is 0 Å². The number of ether oxygens (including phenoxy) is 1. The summed E-state index contributed by atoms with van der Waals surface area (Å²) in [5.41, 5.74) is 6.63. The Morgan fingerprint density at radius 1 is 1.00 bits per heavy atom. The quantitative estimate of drug-likeness (QED) is 0.461. The average Bonchev–Trinajstić information content (AvgIpc) is 3.18. The minimum atomic E-state index is -0.718. The Morgan fingerprint density at radius 2 is 1.80 bits per heavy atom. The molecule has 1 saturated heterocycles. The van der Waals surface area contributed by atoms with Gasteiger partial charge in [0.05, 0.1) is 0 Å². The van der Waals surface area contributed by atoms with Crippen molar-refractivity contribution in [2.75, 3.05) is 26.2 Å². The normalized spacial score (nSPS) is 33.4. The van der Waals surface area contributed by atoms with E-state index in [1.165, 1.54) is 60.2 Å². The molecule has 2 fully saturated rings. The molecule has 1 aromatic carbocycles. The lowest BCUT2D eigenvalue weighted by Gasteiger charge is -2.48. The summed E-state index contributed by atoms with van der Waals surface area (Å²) in [5.74, 6) is 2.18. The van der Waals surface area contributed by atoms with E-state index in [-0.39, 0.29) is 5.41 Å². The molecule has 0 bridgehead atoms. The largest absolute Gasteiger partial charge is 0.492 e. The molecule has 35 heavy (non-hydrogen) atoms. The van der Waals surface area contributed by atoms with Crippen LogP contribution in [0.4, 0.5) is 4.39 Å². The Bertz CT molecular complexity index is 1030. The zero-order valence-electron chi connectivity index (χ0n) is 21.3. The number of Topliss-reactive ketones (excluding diaryl/α,β-unsaturated/α-hetero) is 1. The second-order valence-electron chi connectivity index (χ2n) is 11.9. The van der Waals surface area contributed by atoms with Gasteiger partial charge in [0.25, 0.3) is 0 Å². The van der Waals surface area contributed by atoms with Gasteiger partial charge in [0.2, 0.25) is 0 Å².